The first-order chi connectivity index (χ1) is 13.3. The van der Waals surface area contributed by atoms with Crippen LogP contribution in [0.4, 0.5) is 5.82 Å². The number of carbonyl (C=O) groups is 1. The Morgan fingerprint density at radius 3 is 2.79 bits per heavy atom. The van der Waals surface area contributed by atoms with Gasteiger partial charge in [-0.1, -0.05) is 11.6 Å². The summed E-state index contributed by atoms with van der Waals surface area (Å²) in [5.41, 5.74) is 5.29. The highest BCUT2D eigenvalue weighted by Crippen LogP contribution is 2.28. The van der Waals surface area contributed by atoms with E-state index in [4.69, 9.17) is 16.7 Å². The van der Waals surface area contributed by atoms with Crippen molar-refractivity contribution in [2.45, 2.75) is 11.3 Å². The van der Waals surface area contributed by atoms with Gasteiger partial charge in [0.15, 0.2) is 0 Å². The molecular weight excluding hydrogens is 404 g/mol. The zero-order chi connectivity index (χ0) is 19.9. The number of anilines is 1. The van der Waals surface area contributed by atoms with E-state index in [0.29, 0.717) is 40.8 Å². The highest BCUT2D eigenvalue weighted by molar-refractivity contribution is 7.89. The van der Waals surface area contributed by atoms with Gasteiger partial charge < -0.3 is 10.3 Å². The third-order valence-electron chi connectivity index (χ3n) is 4.29. The quantitative estimate of drug-likeness (QED) is 0.480. The van der Waals surface area contributed by atoms with Crippen LogP contribution in [0.1, 0.15) is 22.5 Å². The van der Waals surface area contributed by atoms with Crippen molar-refractivity contribution in [3.8, 4) is 0 Å². The van der Waals surface area contributed by atoms with E-state index in [0.717, 1.165) is 17.1 Å². The Morgan fingerprint density at radius 2 is 2.07 bits per heavy atom. The Bertz CT molecular complexity index is 1220. The Kier molecular flexibility index (Phi) is 4.53. The molecule has 0 aliphatic carbocycles. The molecule has 0 bridgehead atoms. The van der Waals surface area contributed by atoms with Gasteiger partial charge in [0.05, 0.1) is 5.71 Å². The van der Waals surface area contributed by atoms with E-state index >= 15 is 0 Å². The Morgan fingerprint density at radius 1 is 1.25 bits per heavy atom. The molecule has 1 amide bonds. The van der Waals surface area contributed by atoms with Crippen LogP contribution in [0.25, 0.3) is 10.9 Å². The third kappa shape index (κ3) is 3.44. The topological polar surface area (TPSA) is 142 Å². The van der Waals surface area contributed by atoms with Crippen molar-refractivity contribution in [3.05, 3.63) is 52.8 Å². The number of aromatic amines is 1. The summed E-state index contributed by atoms with van der Waals surface area (Å²) in [5.74, 6) is 0.117. The monoisotopic (exact) mass is 418 g/mol. The van der Waals surface area contributed by atoms with Crippen molar-refractivity contribution in [3.63, 3.8) is 0 Å². The van der Waals surface area contributed by atoms with Crippen molar-refractivity contribution < 1.29 is 13.2 Å². The highest BCUT2D eigenvalue weighted by atomic mass is 35.5. The minimum atomic E-state index is -3.82. The van der Waals surface area contributed by atoms with Crippen molar-refractivity contribution >= 4 is 50.0 Å². The molecular formula is C17H15ClN6O3S. The predicted octanol–water partition coefficient (Wildman–Crippen LogP) is 1.81. The lowest BCUT2D eigenvalue weighted by molar-refractivity contribution is 0.0952. The molecule has 1 aliphatic heterocycles. The number of amides is 1. The number of hydrogen-bond acceptors (Lipinski definition) is 6. The first kappa shape index (κ1) is 18.4. The number of hydrazone groups is 1. The fourth-order valence-electron chi connectivity index (χ4n) is 2.99. The summed E-state index contributed by atoms with van der Waals surface area (Å²) in [5, 5.41) is 13.6. The number of halogens is 1. The lowest BCUT2D eigenvalue weighted by Gasteiger charge is -2.06. The maximum Gasteiger partial charge on any atom is 0.268 e. The molecule has 0 radical (unpaired) electrons. The Balaban J connectivity index is 1.74. The first-order valence-corrected chi connectivity index (χ1v) is 10.2. The molecule has 0 saturated carbocycles. The van der Waals surface area contributed by atoms with Crippen LogP contribution in [0.15, 0.2) is 46.5 Å². The second kappa shape index (κ2) is 6.89. The molecule has 0 spiro atoms. The molecule has 9 nitrogen and oxygen atoms in total. The van der Waals surface area contributed by atoms with E-state index in [-0.39, 0.29) is 10.8 Å². The molecule has 0 atom stereocenters. The third-order valence-corrected chi connectivity index (χ3v) is 5.43. The van der Waals surface area contributed by atoms with E-state index in [1.54, 1.807) is 18.2 Å². The number of carbonyl (C=O) groups excluding carboxylic acids is 1. The lowest BCUT2D eigenvalue weighted by atomic mass is 10.0. The van der Waals surface area contributed by atoms with Crippen molar-refractivity contribution in [1.29, 1.82) is 0 Å². The lowest BCUT2D eigenvalue weighted by Crippen LogP contribution is -2.23. The molecule has 144 valence electrons. The van der Waals surface area contributed by atoms with Gasteiger partial charge in [0.25, 0.3) is 5.91 Å². The van der Waals surface area contributed by atoms with Crippen LogP contribution in [0, 0.1) is 0 Å². The number of hydrogen-bond donors (Lipinski definition) is 4. The fourth-order valence-corrected chi connectivity index (χ4v) is 3.62. The van der Waals surface area contributed by atoms with Crippen molar-refractivity contribution in [2.24, 2.45) is 10.2 Å². The number of aromatic nitrogens is 2. The number of fused-ring (bicyclic) bond motifs is 3. The molecule has 5 N–H and O–H groups in total. The number of sulfonamides is 1. The summed E-state index contributed by atoms with van der Waals surface area (Å²) in [6.07, 6.45) is 1.63. The maximum atomic E-state index is 12.4. The number of nitrogens with one attached hydrogen (secondary N) is 3. The van der Waals surface area contributed by atoms with Gasteiger partial charge in [-0.3, -0.25) is 10.2 Å². The standard InChI is InChI=1S/C17H15ClN6O3S/c18-9-1-3-12-11(7-9)15-13(5-6-20-17(25)16(15)22-12)23-24-14-4-2-10(8-21-14)28(19,26)27/h1-4,7-8,22H,5-6H2,(H,20,25)(H,21,24)(H2,19,26,27)/b23-13+. The number of pyridine rings is 1. The number of H-pyrrole nitrogens is 1. The average molecular weight is 419 g/mol. The maximum absolute atomic E-state index is 12.4. The summed E-state index contributed by atoms with van der Waals surface area (Å²) in [4.78, 5) is 19.4. The SMILES string of the molecule is NS(=O)(=O)c1ccc(N/N=C2\CCNC(=O)c3[nH]c4ccc(Cl)cc4c32)nc1. The van der Waals surface area contributed by atoms with E-state index in [2.05, 4.69) is 25.8 Å². The van der Waals surface area contributed by atoms with E-state index in [1.165, 1.54) is 12.1 Å². The number of primary sulfonamides is 1. The Labute approximate surface area is 165 Å². The van der Waals surface area contributed by atoms with Crippen LogP contribution in [0.5, 0.6) is 0 Å². The van der Waals surface area contributed by atoms with Gasteiger partial charge >= 0.3 is 0 Å². The van der Waals surface area contributed by atoms with Gasteiger partial charge in [-0.15, -0.1) is 0 Å². The molecule has 1 aromatic carbocycles. The second-order valence-corrected chi connectivity index (χ2v) is 8.16. The van der Waals surface area contributed by atoms with E-state index in [9.17, 15) is 13.2 Å². The molecule has 0 saturated heterocycles. The molecule has 2 aromatic heterocycles. The van der Waals surface area contributed by atoms with Crippen LogP contribution < -0.4 is 15.9 Å². The summed E-state index contributed by atoms with van der Waals surface area (Å²) < 4.78 is 22.6. The van der Waals surface area contributed by atoms with Gasteiger partial charge in [-0.05, 0) is 30.3 Å². The van der Waals surface area contributed by atoms with Gasteiger partial charge in [0.2, 0.25) is 10.0 Å². The van der Waals surface area contributed by atoms with Crippen LogP contribution in [0.2, 0.25) is 5.02 Å². The molecule has 0 unspecified atom stereocenters. The van der Waals surface area contributed by atoms with Gasteiger partial charge in [0, 0.05) is 40.7 Å². The molecule has 0 fully saturated rings. The van der Waals surface area contributed by atoms with Crippen molar-refractivity contribution in [1.82, 2.24) is 15.3 Å². The molecule has 28 heavy (non-hydrogen) atoms. The second-order valence-electron chi connectivity index (χ2n) is 6.17. The number of nitrogens with two attached hydrogens (primary N) is 1. The minimum absolute atomic E-state index is 0.0940. The van der Waals surface area contributed by atoms with E-state index < -0.39 is 10.0 Å². The summed E-state index contributed by atoms with van der Waals surface area (Å²) >= 11 is 6.13. The van der Waals surface area contributed by atoms with E-state index in [1.807, 2.05) is 0 Å². The zero-order valence-corrected chi connectivity index (χ0v) is 15.9. The summed E-state index contributed by atoms with van der Waals surface area (Å²) in [6, 6.07) is 8.11. The van der Waals surface area contributed by atoms with Crippen LogP contribution in [0.3, 0.4) is 0 Å². The average Bonchev–Trinajstić information content (AvgIpc) is 2.95. The molecule has 4 rings (SSSR count). The smallest absolute Gasteiger partial charge is 0.268 e. The molecule has 1 aliphatic rings. The Hall–Kier alpha value is -2.95. The van der Waals surface area contributed by atoms with Gasteiger partial charge in [-0.2, -0.15) is 5.10 Å². The fraction of sp³-hybridized carbons (Fsp3) is 0.118. The minimum Gasteiger partial charge on any atom is -0.350 e. The number of rotatable bonds is 3. The van der Waals surface area contributed by atoms with Gasteiger partial charge in [0.1, 0.15) is 16.4 Å². The molecule has 3 aromatic rings. The predicted molar refractivity (Wildman–Crippen MR) is 106 cm³/mol. The largest absolute Gasteiger partial charge is 0.350 e. The van der Waals surface area contributed by atoms with Crippen molar-refractivity contribution in [2.75, 3.05) is 12.0 Å². The van der Waals surface area contributed by atoms with Crippen LogP contribution >= 0.6 is 11.6 Å². The molecule has 11 heteroatoms. The van der Waals surface area contributed by atoms with Crippen LogP contribution in [-0.4, -0.2) is 36.5 Å². The summed E-state index contributed by atoms with van der Waals surface area (Å²) in [6.45, 7) is 0.418. The normalized spacial score (nSPS) is 15.9. The van der Waals surface area contributed by atoms with Gasteiger partial charge in [-0.25, -0.2) is 18.5 Å². The number of benzene rings is 1. The van der Waals surface area contributed by atoms with Crippen LogP contribution in [-0.2, 0) is 10.0 Å². The summed E-state index contributed by atoms with van der Waals surface area (Å²) in [7, 11) is -3.82. The number of nitrogens with zero attached hydrogens (tertiary/aromatic N) is 2. The molecule has 3 heterocycles. The zero-order valence-electron chi connectivity index (χ0n) is 14.4. The highest BCUT2D eigenvalue weighted by Gasteiger charge is 2.25. The first-order valence-electron chi connectivity index (χ1n) is 8.24.